The topological polar surface area (TPSA) is 77.3 Å². The molecule has 0 aliphatic heterocycles. The van der Waals surface area contributed by atoms with Gasteiger partial charge in [0, 0.05) is 18.1 Å². The number of fused-ring (bicyclic) bond motifs is 2. The molecule has 1 atom stereocenters. The monoisotopic (exact) mass is 355 g/mol. The molecule has 0 heterocycles. The van der Waals surface area contributed by atoms with Gasteiger partial charge in [0.25, 0.3) is 5.70 Å². The highest BCUT2D eigenvalue weighted by atomic mass is 32.2. The summed E-state index contributed by atoms with van der Waals surface area (Å²) in [4.78, 5) is 11.1. The Balaban J connectivity index is 2.09. The van der Waals surface area contributed by atoms with Gasteiger partial charge in [-0.2, -0.15) is 0 Å². The van der Waals surface area contributed by atoms with Gasteiger partial charge in [-0.15, -0.1) is 0 Å². The van der Waals surface area contributed by atoms with Crippen LogP contribution in [0.25, 0.3) is 0 Å². The van der Waals surface area contributed by atoms with E-state index >= 15 is 0 Å². The maximum absolute atomic E-state index is 13.0. The second-order valence-corrected chi connectivity index (χ2v) is 8.15. The van der Waals surface area contributed by atoms with Crippen molar-refractivity contribution in [2.45, 2.75) is 23.5 Å². The number of hydrogen-bond donors (Lipinski definition) is 0. The number of hydrogen-bond acceptors (Lipinski definition) is 4. The quantitative estimate of drug-likeness (QED) is 0.608. The summed E-state index contributed by atoms with van der Waals surface area (Å²) in [5.74, 6) is 0. The Labute approximate surface area is 146 Å². The lowest BCUT2D eigenvalue weighted by molar-refractivity contribution is -0.420. The van der Waals surface area contributed by atoms with Gasteiger partial charge in [-0.1, -0.05) is 48.6 Å². The third-order valence-corrected chi connectivity index (χ3v) is 6.49. The second kappa shape index (κ2) is 6.64. The van der Waals surface area contributed by atoms with E-state index in [9.17, 15) is 18.5 Å². The SMILES string of the molecule is CC(C1=CC=C([N+](=O)[O-])C2=CC=CC=C1C2)S(=O)(=O)c1ccccc1. The van der Waals surface area contributed by atoms with E-state index in [0.29, 0.717) is 17.6 Å². The highest BCUT2D eigenvalue weighted by Crippen LogP contribution is 2.34. The van der Waals surface area contributed by atoms with E-state index in [4.69, 9.17) is 0 Å². The summed E-state index contributed by atoms with van der Waals surface area (Å²) >= 11 is 0. The summed E-state index contributed by atoms with van der Waals surface area (Å²) in [6.07, 6.45) is 10.3. The average Bonchev–Trinajstić information content (AvgIpc) is 2.94. The molecule has 0 radical (unpaired) electrons. The Hall–Kier alpha value is -2.73. The molecule has 2 aliphatic carbocycles. The summed E-state index contributed by atoms with van der Waals surface area (Å²) in [7, 11) is -3.59. The maximum Gasteiger partial charge on any atom is 0.272 e. The number of benzene rings is 1. The summed E-state index contributed by atoms with van der Waals surface area (Å²) in [5, 5.41) is 10.5. The lowest BCUT2D eigenvalue weighted by Gasteiger charge is -2.18. The minimum atomic E-state index is -3.59. The van der Waals surface area contributed by atoms with E-state index in [1.165, 1.54) is 6.08 Å². The molecule has 0 spiro atoms. The number of sulfone groups is 1. The Kier molecular flexibility index (Phi) is 4.55. The lowest BCUT2D eigenvalue weighted by Crippen LogP contribution is -2.21. The molecule has 0 saturated heterocycles. The summed E-state index contributed by atoms with van der Waals surface area (Å²) in [5.41, 5.74) is 1.93. The Bertz CT molecular complexity index is 964. The zero-order valence-corrected chi connectivity index (χ0v) is 14.4. The van der Waals surface area contributed by atoms with Crippen LogP contribution in [0.3, 0.4) is 0 Å². The summed E-state index contributed by atoms with van der Waals surface area (Å²) in [6.45, 7) is 1.62. The molecule has 1 unspecified atom stereocenters. The Morgan fingerprint density at radius 2 is 1.64 bits per heavy atom. The second-order valence-electron chi connectivity index (χ2n) is 5.88. The van der Waals surface area contributed by atoms with Gasteiger partial charge < -0.3 is 0 Å². The molecular weight excluding hydrogens is 338 g/mol. The van der Waals surface area contributed by atoms with Crippen LogP contribution in [0.15, 0.2) is 94.1 Å². The molecule has 1 aromatic carbocycles. The van der Waals surface area contributed by atoms with E-state index < -0.39 is 20.0 Å². The highest BCUT2D eigenvalue weighted by molar-refractivity contribution is 7.92. The molecule has 128 valence electrons. The first kappa shape index (κ1) is 17.1. The molecule has 2 aliphatic rings. The highest BCUT2D eigenvalue weighted by Gasteiger charge is 2.31. The zero-order valence-electron chi connectivity index (χ0n) is 13.6. The van der Waals surface area contributed by atoms with Crippen LogP contribution < -0.4 is 0 Å². The largest absolute Gasteiger partial charge is 0.272 e. The average molecular weight is 355 g/mol. The van der Waals surface area contributed by atoms with E-state index in [-0.39, 0.29) is 10.6 Å². The van der Waals surface area contributed by atoms with Gasteiger partial charge in [-0.3, -0.25) is 10.1 Å². The molecule has 25 heavy (non-hydrogen) atoms. The van der Waals surface area contributed by atoms with Gasteiger partial charge in [0.1, 0.15) is 0 Å². The lowest BCUT2D eigenvalue weighted by atomic mass is 9.98. The molecule has 1 aromatic rings. The maximum atomic E-state index is 13.0. The molecule has 3 rings (SSSR count). The van der Waals surface area contributed by atoms with Gasteiger partial charge >= 0.3 is 0 Å². The predicted octanol–water partition coefficient (Wildman–Crippen LogP) is 3.76. The fourth-order valence-electron chi connectivity index (χ4n) is 2.98. The molecular formula is C19H17NO4S. The molecule has 0 aromatic heterocycles. The Morgan fingerprint density at radius 1 is 1.00 bits per heavy atom. The molecule has 0 fully saturated rings. The number of nitro groups is 1. The predicted molar refractivity (Wildman–Crippen MR) is 96.2 cm³/mol. The smallest absolute Gasteiger partial charge is 0.258 e. The number of allylic oxidation sites excluding steroid dienone is 8. The molecule has 2 bridgehead atoms. The van der Waals surface area contributed by atoms with E-state index in [1.54, 1.807) is 61.6 Å². The van der Waals surface area contributed by atoms with Crippen molar-refractivity contribution in [2.75, 3.05) is 0 Å². The molecule has 6 heteroatoms. The van der Waals surface area contributed by atoms with Crippen molar-refractivity contribution in [1.82, 2.24) is 0 Å². The van der Waals surface area contributed by atoms with Gasteiger partial charge in [-0.25, -0.2) is 8.42 Å². The van der Waals surface area contributed by atoms with Crippen LogP contribution in [-0.2, 0) is 9.84 Å². The van der Waals surface area contributed by atoms with Crippen molar-refractivity contribution in [3.8, 4) is 0 Å². The third-order valence-electron chi connectivity index (χ3n) is 4.38. The van der Waals surface area contributed by atoms with Crippen LogP contribution in [0.2, 0.25) is 0 Å². The van der Waals surface area contributed by atoms with E-state index in [0.717, 1.165) is 5.57 Å². The Morgan fingerprint density at radius 3 is 2.28 bits per heavy atom. The van der Waals surface area contributed by atoms with Crippen LogP contribution in [0, 0.1) is 10.1 Å². The van der Waals surface area contributed by atoms with Gasteiger partial charge in [-0.05, 0) is 30.2 Å². The van der Waals surface area contributed by atoms with Gasteiger partial charge in [0.05, 0.1) is 15.1 Å². The standard InChI is InChI=1S/C19H17NO4S/c1-14(25(23,24)17-9-3-2-4-10-17)18-11-12-19(20(21)22)16-8-6-5-7-15(18)13-16/h2-12,14H,13H2,1H3. The summed E-state index contributed by atoms with van der Waals surface area (Å²) in [6, 6.07) is 8.25. The summed E-state index contributed by atoms with van der Waals surface area (Å²) < 4.78 is 25.9. The van der Waals surface area contributed by atoms with Gasteiger partial charge in [0.2, 0.25) is 0 Å². The van der Waals surface area contributed by atoms with Crippen molar-refractivity contribution < 1.29 is 13.3 Å². The molecule has 0 amide bonds. The van der Waals surface area contributed by atoms with Gasteiger partial charge in [0.15, 0.2) is 9.84 Å². The van der Waals surface area contributed by atoms with Crippen LogP contribution in [0.4, 0.5) is 0 Å². The first-order chi connectivity index (χ1) is 11.9. The minimum absolute atomic E-state index is 0.00300. The van der Waals surface area contributed by atoms with Crippen molar-refractivity contribution >= 4 is 9.84 Å². The fraction of sp³-hybridized carbons (Fsp3) is 0.158. The first-order valence-electron chi connectivity index (χ1n) is 7.83. The van der Waals surface area contributed by atoms with Crippen LogP contribution in [-0.4, -0.2) is 18.6 Å². The van der Waals surface area contributed by atoms with E-state index in [2.05, 4.69) is 0 Å². The number of nitrogens with zero attached hydrogens (tertiary/aromatic N) is 1. The van der Waals surface area contributed by atoms with Crippen LogP contribution in [0.1, 0.15) is 13.3 Å². The number of rotatable bonds is 4. The molecule has 5 nitrogen and oxygen atoms in total. The first-order valence-corrected chi connectivity index (χ1v) is 9.38. The van der Waals surface area contributed by atoms with Crippen molar-refractivity contribution in [2.24, 2.45) is 0 Å². The van der Waals surface area contributed by atoms with Crippen molar-refractivity contribution in [3.63, 3.8) is 0 Å². The van der Waals surface area contributed by atoms with Crippen LogP contribution in [0.5, 0.6) is 0 Å². The minimum Gasteiger partial charge on any atom is -0.258 e. The zero-order chi connectivity index (χ0) is 18.0. The fourth-order valence-corrected chi connectivity index (χ4v) is 4.49. The van der Waals surface area contributed by atoms with Crippen molar-refractivity contribution in [3.05, 3.63) is 99.3 Å². The van der Waals surface area contributed by atoms with Crippen LogP contribution >= 0.6 is 0 Å². The van der Waals surface area contributed by atoms with E-state index in [1.807, 2.05) is 6.08 Å². The molecule has 0 saturated carbocycles. The molecule has 0 N–H and O–H groups in total. The third kappa shape index (κ3) is 3.25. The normalized spacial score (nSPS) is 18.1. The van der Waals surface area contributed by atoms with Crippen molar-refractivity contribution in [1.29, 1.82) is 0 Å².